The Labute approximate surface area is 156 Å². The Morgan fingerprint density at radius 3 is 2.56 bits per heavy atom. The summed E-state index contributed by atoms with van der Waals surface area (Å²) in [4.78, 5) is 11.2. The van der Waals surface area contributed by atoms with Crippen molar-refractivity contribution in [1.29, 1.82) is 5.26 Å². The van der Waals surface area contributed by atoms with Crippen molar-refractivity contribution in [2.24, 2.45) is 0 Å². The second-order valence-electron chi connectivity index (χ2n) is 6.42. The third kappa shape index (κ3) is 4.01. The van der Waals surface area contributed by atoms with Gasteiger partial charge in [0.1, 0.15) is 0 Å². The highest BCUT2D eigenvalue weighted by molar-refractivity contribution is 7.89. The first-order valence-corrected chi connectivity index (χ1v) is 9.84. The molecule has 0 saturated carbocycles. The van der Waals surface area contributed by atoms with Crippen LogP contribution in [-0.2, 0) is 27.7 Å². The number of aliphatic hydroxyl groups excluding tert-OH is 1. The lowest BCUT2D eigenvalue weighted by Crippen LogP contribution is -2.39. The van der Waals surface area contributed by atoms with Crippen molar-refractivity contribution in [3.63, 3.8) is 0 Å². The number of aliphatic carboxylic acids is 1. The summed E-state index contributed by atoms with van der Waals surface area (Å²) in [5.74, 6) is -1.31. The maximum Gasteiger partial charge on any atom is 0.337 e. The number of rotatable bonds is 5. The molecule has 0 aromatic heterocycles. The van der Waals surface area contributed by atoms with Gasteiger partial charge >= 0.3 is 5.97 Å². The molecular weight excluding hydrogens is 368 g/mol. The fourth-order valence-corrected chi connectivity index (χ4v) is 4.59. The van der Waals surface area contributed by atoms with Crippen molar-refractivity contribution in [2.75, 3.05) is 0 Å². The number of carboxylic acids is 1. The van der Waals surface area contributed by atoms with Gasteiger partial charge in [0.2, 0.25) is 10.0 Å². The average molecular weight is 386 g/mol. The third-order valence-corrected chi connectivity index (χ3v) is 6.20. The predicted octanol–water partition coefficient (Wildman–Crippen LogP) is 1.51. The van der Waals surface area contributed by atoms with Crippen molar-refractivity contribution in [2.45, 2.75) is 36.3 Å². The lowest BCUT2D eigenvalue weighted by Gasteiger charge is -2.27. The van der Waals surface area contributed by atoms with Crippen molar-refractivity contribution in [3.05, 3.63) is 64.7 Å². The number of hydrogen-bond donors (Lipinski definition) is 3. The molecule has 2 unspecified atom stereocenters. The molecule has 1 aliphatic rings. The number of hydrogen-bond acceptors (Lipinski definition) is 5. The number of benzene rings is 2. The largest absolute Gasteiger partial charge is 0.479 e. The molecule has 0 radical (unpaired) electrons. The molecule has 140 valence electrons. The first kappa shape index (κ1) is 19.0. The monoisotopic (exact) mass is 386 g/mol. The van der Waals surface area contributed by atoms with Crippen LogP contribution in [-0.4, -0.2) is 30.6 Å². The van der Waals surface area contributed by atoms with Crippen LogP contribution in [0.15, 0.2) is 47.4 Å². The summed E-state index contributed by atoms with van der Waals surface area (Å²) in [5.41, 5.74) is 2.33. The molecule has 7 nitrogen and oxygen atoms in total. The molecule has 0 bridgehead atoms. The minimum atomic E-state index is -3.73. The summed E-state index contributed by atoms with van der Waals surface area (Å²) in [5, 5.41) is 27.7. The summed E-state index contributed by atoms with van der Waals surface area (Å²) in [6.07, 6.45) is -0.223. The van der Waals surface area contributed by atoms with Gasteiger partial charge in [-0.2, -0.15) is 5.26 Å². The number of aliphatic hydroxyl groups is 1. The van der Waals surface area contributed by atoms with E-state index in [2.05, 4.69) is 4.72 Å². The molecule has 0 aliphatic heterocycles. The molecule has 2 aromatic rings. The van der Waals surface area contributed by atoms with Crippen LogP contribution < -0.4 is 4.72 Å². The lowest BCUT2D eigenvalue weighted by atomic mass is 9.84. The maximum absolute atomic E-state index is 12.6. The molecule has 27 heavy (non-hydrogen) atoms. The average Bonchev–Trinajstić information content (AvgIpc) is 2.66. The van der Waals surface area contributed by atoms with E-state index in [0.717, 1.165) is 11.1 Å². The minimum Gasteiger partial charge on any atom is -0.479 e. The van der Waals surface area contributed by atoms with Crippen LogP contribution >= 0.6 is 0 Å². The number of nitriles is 1. The van der Waals surface area contributed by atoms with Crippen molar-refractivity contribution < 1.29 is 23.4 Å². The smallest absolute Gasteiger partial charge is 0.337 e. The van der Waals surface area contributed by atoms with Gasteiger partial charge in [-0.15, -0.1) is 0 Å². The van der Waals surface area contributed by atoms with E-state index in [4.69, 9.17) is 10.4 Å². The van der Waals surface area contributed by atoms with Gasteiger partial charge < -0.3 is 10.2 Å². The second-order valence-corrected chi connectivity index (χ2v) is 8.14. The van der Waals surface area contributed by atoms with Gasteiger partial charge in [-0.1, -0.05) is 18.2 Å². The van der Waals surface area contributed by atoms with Crippen LogP contribution in [0.2, 0.25) is 0 Å². The zero-order valence-electron chi connectivity index (χ0n) is 14.3. The van der Waals surface area contributed by atoms with Gasteiger partial charge in [0, 0.05) is 6.04 Å². The number of nitrogens with one attached hydrogen (secondary N) is 1. The zero-order chi connectivity index (χ0) is 19.6. The Balaban J connectivity index is 1.79. The molecule has 3 N–H and O–H groups in total. The molecule has 0 heterocycles. The van der Waals surface area contributed by atoms with Gasteiger partial charge in [-0.05, 0) is 60.2 Å². The number of sulfonamides is 1. The van der Waals surface area contributed by atoms with E-state index < -0.39 is 22.1 Å². The van der Waals surface area contributed by atoms with Crippen molar-refractivity contribution in [1.82, 2.24) is 4.72 Å². The molecule has 0 amide bonds. The number of fused-ring (bicyclic) bond motifs is 1. The second kappa shape index (κ2) is 7.48. The minimum absolute atomic E-state index is 0.0855. The molecule has 0 fully saturated rings. The Morgan fingerprint density at radius 1 is 1.22 bits per heavy atom. The van der Waals surface area contributed by atoms with Crippen molar-refractivity contribution >= 4 is 16.0 Å². The van der Waals surface area contributed by atoms with E-state index in [0.29, 0.717) is 30.4 Å². The molecule has 0 saturated heterocycles. The molecule has 0 spiro atoms. The maximum atomic E-state index is 12.6. The summed E-state index contributed by atoms with van der Waals surface area (Å²) >= 11 is 0. The summed E-state index contributed by atoms with van der Waals surface area (Å²) < 4.78 is 27.8. The number of carboxylic acid groups (broad SMARTS) is 1. The lowest BCUT2D eigenvalue weighted by molar-refractivity contribution is -0.147. The van der Waals surface area contributed by atoms with Gasteiger partial charge in [0.05, 0.1) is 16.5 Å². The first-order chi connectivity index (χ1) is 12.8. The van der Waals surface area contributed by atoms with Crippen molar-refractivity contribution in [3.8, 4) is 6.07 Å². The van der Waals surface area contributed by atoms with E-state index in [1.165, 1.54) is 24.3 Å². The standard InChI is InChI=1S/C19H18N2O5S/c20-11-12-4-7-15(8-5-12)27(25,26)21-14-6-9-16-13(10-14)2-1-3-17(16)18(22)19(23)24/h1-5,7-8,14,18,21-22H,6,9-10H2,(H,23,24). The SMILES string of the molecule is N#Cc1ccc(S(=O)(=O)NC2CCc3c(cccc3C(O)C(=O)O)C2)cc1. The molecule has 3 rings (SSSR count). The Hall–Kier alpha value is -2.73. The summed E-state index contributed by atoms with van der Waals surface area (Å²) in [7, 11) is -3.73. The Morgan fingerprint density at radius 2 is 1.93 bits per heavy atom. The third-order valence-electron chi connectivity index (χ3n) is 4.66. The number of nitrogens with zero attached hydrogens (tertiary/aromatic N) is 1. The highest BCUT2D eigenvalue weighted by atomic mass is 32.2. The Kier molecular flexibility index (Phi) is 5.28. The van der Waals surface area contributed by atoms with Gasteiger partial charge in [-0.25, -0.2) is 17.9 Å². The quantitative estimate of drug-likeness (QED) is 0.715. The fraction of sp³-hybridized carbons (Fsp3) is 0.263. The highest BCUT2D eigenvalue weighted by Gasteiger charge is 2.28. The predicted molar refractivity (Wildman–Crippen MR) is 96.3 cm³/mol. The van der Waals surface area contributed by atoms with Crippen LogP contribution in [0.3, 0.4) is 0 Å². The van der Waals surface area contributed by atoms with Crippen LogP contribution in [0.5, 0.6) is 0 Å². The van der Waals surface area contributed by atoms with E-state index in [9.17, 15) is 18.3 Å². The first-order valence-electron chi connectivity index (χ1n) is 8.36. The van der Waals surface area contributed by atoms with E-state index in [1.54, 1.807) is 12.1 Å². The molecular formula is C19H18N2O5S. The molecule has 1 aliphatic carbocycles. The van der Waals surface area contributed by atoms with Crippen LogP contribution in [0.25, 0.3) is 0 Å². The highest BCUT2D eigenvalue weighted by Crippen LogP contribution is 2.29. The van der Waals surface area contributed by atoms with E-state index in [1.807, 2.05) is 12.1 Å². The molecule has 2 aromatic carbocycles. The fourth-order valence-electron chi connectivity index (χ4n) is 3.32. The normalized spacial score (nSPS) is 17.6. The van der Waals surface area contributed by atoms with Gasteiger partial charge in [-0.3, -0.25) is 0 Å². The van der Waals surface area contributed by atoms with Gasteiger partial charge in [0.15, 0.2) is 6.10 Å². The molecule has 8 heteroatoms. The Bertz CT molecular complexity index is 1010. The molecule has 2 atom stereocenters. The van der Waals surface area contributed by atoms with Crippen LogP contribution in [0, 0.1) is 11.3 Å². The number of carbonyl (C=O) groups is 1. The van der Waals surface area contributed by atoms with E-state index >= 15 is 0 Å². The van der Waals surface area contributed by atoms with E-state index in [-0.39, 0.29) is 10.9 Å². The summed E-state index contributed by atoms with van der Waals surface area (Å²) in [6.45, 7) is 0. The summed E-state index contributed by atoms with van der Waals surface area (Å²) in [6, 6.07) is 12.3. The zero-order valence-corrected chi connectivity index (χ0v) is 15.1. The topological polar surface area (TPSA) is 127 Å². The van der Waals surface area contributed by atoms with Gasteiger partial charge in [0.25, 0.3) is 0 Å². The van der Waals surface area contributed by atoms with Crippen LogP contribution in [0.4, 0.5) is 0 Å². The van der Waals surface area contributed by atoms with Crippen LogP contribution in [0.1, 0.15) is 34.8 Å².